The number of nitrogens with one attached hydrogen (secondary N) is 2. The number of hydrogen-bond acceptors (Lipinski definition) is 5. The second-order valence-electron chi connectivity index (χ2n) is 4.73. The fourth-order valence-corrected chi connectivity index (χ4v) is 1.79. The smallest absolute Gasteiger partial charge is 0.275 e. The van der Waals surface area contributed by atoms with Gasteiger partial charge in [0.05, 0.1) is 18.1 Å². The lowest BCUT2D eigenvalue weighted by atomic mass is 10.2. The van der Waals surface area contributed by atoms with Crippen LogP contribution in [0.3, 0.4) is 0 Å². The molecule has 0 radical (unpaired) electrons. The molecule has 2 amide bonds. The Balaban J connectivity index is 2.07. The highest BCUT2D eigenvalue weighted by Gasteiger charge is 2.10. The van der Waals surface area contributed by atoms with E-state index in [0.717, 1.165) is 12.0 Å². The number of nitrogens with zero attached hydrogens (tertiary/aromatic N) is 3. The van der Waals surface area contributed by atoms with Crippen LogP contribution in [0.5, 0.6) is 0 Å². The van der Waals surface area contributed by atoms with Crippen molar-refractivity contribution >= 4 is 23.3 Å². The number of amides is 2. The van der Waals surface area contributed by atoms with Crippen LogP contribution in [0.2, 0.25) is 0 Å². The van der Waals surface area contributed by atoms with Crippen molar-refractivity contribution in [3.8, 4) is 0 Å². The molecule has 0 atom stereocenters. The Morgan fingerprint density at radius 1 is 1.14 bits per heavy atom. The van der Waals surface area contributed by atoms with Crippen LogP contribution in [0.4, 0.5) is 11.5 Å². The van der Waals surface area contributed by atoms with Crippen molar-refractivity contribution in [1.29, 1.82) is 0 Å². The Morgan fingerprint density at radius 2 is 1.95 bits per heavy atom. The van der Waals surface area contributed by atoms with Gasteiger partial charge in [-0.05, 0) is 25.0 Å². The first-order chi connectivity index (χ1) is 10.6. The van der Waals surface area contributed by atoms with Crippen molar-refractivity contribution in [1.82, 2.24) is 15.0 Å². The van der Waals surface area contributed by atoms with Gasteiger partial charge < -0.3 is 10.6 Å². The molecule has 7 nitrogen and oxygen atoms in total. The maximum atomic E-state index is 12.0. The maximum absolute atomic E-state index is 12.0. The van der Waals surface area contributed by atoms with Crippen LogP contribution in [0.25, 0.3) is 0 Å². The minimum absolute atomic E-state index is 0.0780. The molecule has 0 aliphatic carbocycles. The number of carbonyl (C=O) groups excluding carboxylic acids is 2. The SMILES string of the molecule is CCCC(=O)Nc1cc(C)c(NC(=O)c2cnccn2)cn1. The quantitative estimate of drug-likeness (QED) is 0.882. The molecule has 0 bridgehead atoms. The topological polar surface area (TPSA) is 96.9 Å². The van der Waals surface area contributed by atoms with E-state index in [4.69, 9.17) is 0 Å². The van der Waals surface area contributed by atoms with Crippen molar-refractivity contribution in [3.63, 3.8) is 0 Å². The predicted octanol–water partition coefficient (Wildman–Crippen LogP) is 2.17. The zero-order valence-corrected chi connectivity index (χ0v) is 12.5. The van der Waals surface area contributed by atoms with Gasteiger partial charge in [0.1, 0.15) is 11.5 Å². The third-order valence-corrected chi connectivity index (χ3v) is 2.90. The van der Waals surface area contributed by atoms with Crippen LogP contribution >= 0.6 is 0 Å². The second-order valence-corrected chi connectivity index (χ2v) is 4.73. The standard InChI is InChI=1S/C15H17N5O2/c1-3-4-14(21)20-13-7-10(2)11(9-18-13)19-15(22)12-8-16-5-6-17-12/h5-9H,3-4H2,1-2H3,(H,19,22)(H,18,20,21). The average molecular weight is 299 g/mol. The van der Waals surface area contributed by atoms with E-state index in [1.165, 1.54) is 24.8 Å². The fourth-order valence-electron chi connectivity index (χ4n) is 1.79. The molecule has 0 aliphatic heterocycles. The summed E-state index contributed by atoms with van der Waals surface area (Å²) in [7, 11) is 0. The highest BCUT2D eigenvalue weighted by Crippen LogP contribution is 2.17. The number of rotatable bonds is 5. The van der Waals surface area contributed by atoms with E-state index in [-0.39, 0.29) is 17.5 Å². The Kier molecular flexibility index (Phi) is 5.13. The van der Waals surface area contributed by atoms with E-state index >= 15 is 0 Å². The number of hydrogen-bond donors (Lipinski definition) is 2. The third-order valence-electron chi connectivity index (χ3n) is 2.90. The zero-order valence-electron chi connectivity index (χ0n) is 12.5. The molecule has 22 heavy (non-hydrogen) atoms. The summed E-state index contributed by atoms with van der Waals surface area (Å²) in [5.74, 6) is 0.0277. The van der Waals surface area contributed by atoms with Crippen LogP contribution in [-0.2, 0) is 4.79 Å². The van der Waals surface area contributed by atoms with Gasteiger partial charge in [-0.25, -0.2) is 9.97 Å². The molecule has 0 aliphatic rings. The summed E-state index contributed by atoms with van der Waals surface area (Å²) in [6, 6.07) is 1.71. The molecule has 2 aromatic heterocycles. The Bertz CT molecular complexity index is 673. The van der Waals surface area contributed by atoms with E-state index in [2.05, 4.69) is 25.6 Å². The number of pyridine rings is 1. The zero-order chi connectivity index (χ0) is 15.9. The molecular formula is C15H17N5O2. The molecule has 2 N–H and O–H groups in total. The van der Waals surface area contributed by atoms with Gasteiger partial charge in [-0.1, -0.05) is 6.92 Å². The van der Waals surface area contributed by atoms with Crippen molar-refractivity contribution in [2.24, 2.45) is 0 Å². The summed E-state index contributed by atoms with van der Waals surface area (Å²) >= 11 is 0. The Hall–Kier alpha value is -2.83. The molecular weight excluding hydrogens is 282 g/mol. The van der Waals surface area contributed by atoms with Crippen LogP contribution < -0.4 is 10.6 Å². The lowest BCUT2D eigenvalue weighted by molar-refractivity contribution is -0.116. The highest BCUT2D eigenvalue weighted by atomic mass is 16.2. The normalized spacial score (nSPS) is 10.1. The van der Waals surface area contributed by atoms with Crippen LogP contribution in [0.1, 0.15) is 35.8 Å². The summed E-state index contributed by atoms with van der Waals surface area (Å²) in [6.07, 6.45) is 7.06. The largest absolute Gasteiger partial charge is 0.319 e. The molecule has 0 saturated carbocycles. The first-order valence-electron chi connectivity index (χ1n) is 6.94. The van der Waals surface area contributed by atoms with Crippen molar-refractivity contribution in [3.05, 3.63) is 42.1 Å². The van der Waals surface area contributed by atoms with E-state index in [9.17, 15) is 9.59 Å². The monoisotopic (exact) mass is 299 g/mol. The Morgan fingerprint density at radius 3 is 2.59 bits per heavy atom. The van der Waals surface area contributed by atoms with Crippen molar-refractivity contribution in [2.75, 3.05) is 10.6 Å². The van der Waals surface area contributed by atoms with Crippen LogP contribution in [0, 0.1) is 6.92 Å². The summed E-state index contributed by atoms with van der Waals surface area (Å²) in [5, 5.41) is 5.43. The van der Waals surface area contributed by atoms with Crippen LogP contribution in [-0.4, -0.2) is 26.8 Å². The molecule has 0 spiro atoms. The lowest BCUT2D eigenvalue weighted by Gasteiger charge is -2.10. The molecule has 0 unspecified atom stereocenters. The van der Waals surface area contributed by atoms with E-state index in [0.29, 0.717) is 17.9 Å². The van der Waals surface area contributed by atoms with E-state index < -0.39 is 0 Å². The summed E-state index contributed by atoms with van der Waals surface area (Å²) in [4.78, 5) is 35.4. The first kappa shape index (κ1) is 15.6. The molecule has 0 aromatic carbocycles. The maximum Gasteiger partial charge on any atom is 0.275 e. The first-order valence-corrected chi connectivity index (χ1v) is 6.94. The van der Waals surface area contributed by atoms with Gasteiger partial charge in [0, 0.05) is 18.8 Å². The molecule has 0 saturated heterocycles. The predicted molar refractivity (Wildman–Crippen MR) is 82.5 cm³/mol. The molecule has 7 heteroatoms. The van der Waals surface area contributed by atoms with Gasteiger partial charge in [-0.3, -0.25) is 14.6 Å². The fraction of sp³-hybridized carbons (Fsp3) is 0.267. The average Bonchev–Trinajstić information content (AvgIpc) is 2.51. The van der Waals surface area contributed by atoms with Crippen molar-refractivity contribution in [2.45, 2.75) is 26.7 Å². The minimum Gasteiger partial charge on any atom is -0.319 e. The number of aromatic nitrogens is 3. The van der Waals surface area contributed by atoms with Gasteiger partial charge >= 0.3 is 0 Å². The van der Waals surface area contributed by atoms with Gasteiger partial charge in [0.2, 0.25) is 5.91 Å². The third kappa shape index (κ3) is 4.08. The van der Waals surface area contributed by atoms with Gasteiger partial charge in [0.15, 0.2) is 0 Å². The minimum atomic E-state index is -0.360. The van der Waals surface area contributed by atoms with E-state index in [1.54, 1.807) is 6.07 Å². The number of aryl methyl sites for hydroxylation is 1. The summed E-state index contributed by atoms with van der Waals surface area (Å²) in [5.41, 5.74) is 1.57. The summed E-state index contributed by atoms with van der Waals surface area (Å²) in [6.45, 7) is 3.76. The number of anilines is 2. The number of carbonyl (C=O) groups is 2. The molecule has 2 rings (SSSR count). The van der Waals surface area contributed by atoms with Crippen LogP contribution in [0.15, 0.2) is 30.9 Å². The van der Waals surface area contributed by atoms with Gasteiger partial charge in [-0.2, -0.15) is 0 Å². The lowest BCUT2D eigenvalue weighted by Crippen LogP contribution is -2.16. The second kappa shape index (κ2) is 7.26. The Labute approximate surface area is 128 Å². The van der Waals surface area contributed by atoms with Gasteiger partial charge in [-0.15, -0.1) is 0 Å². The summed E-state index contributed by atoms with van der Waals surface area (Å²) < 4.78 is 0. The van der Waals surface area contributed by atoms with Gasteiger partial charge in [0.25, 0.3) is 5.91 Å². The molecule has 2 aromatic rings. The molecule has 0 fully saturated rings. The molecule has 114 valence electrons. The molecule has 2 heterocycles. The highest BCUT2D eigenvalue weighted by molar-refractivity contribution is 6.03. The van der Waals surface area contributed by atoms with E-state index in [1.807, 2.05) is 13.8 Å². The van der Waals surface area contributed by atoms with Crippen molar-refractivity contribution < 1.29 is 9.59 Å².